The van der Waals surface area contributed by atoms with E-state index in [1.807, 2.05) is 31.2 Å². The number of aryl methyl sites for hydroxylation is 2. The van der Waals surface area contributed by atoms with E-state index in [0.717, 1.165) is 23.4 Å². The van der Waals surface area contributed by atoms with Crippen LogP contribution in [0.5, 0.6) is 5.75 Å². The Kier molecular flexibility index (Phi) is 7.38. The van der Waals surface area contributed by atoms with Gasteiger partial charge in [-0.15, -0.1) is 0 Å². The Morgan fingerprint density at radius 1 is 1.31 bits per heavy atom. The van der Waals surface area contributed by atoms with E-state index in [1.54, 1.807) is 13.1 Å². The molecule has 5 nitrogen and oxygen atoms in total. The van der Waals surface area contributed by atoms with Gasteiger partial charge in [-0.05, 0) is 61.9 Å². The number of ether oxygens (including phenoxy) is 1. The van der Waals surface area contributed by atoms with Crippen molar-refractivity contribution in [3.63, 3.8) is 0 Å². The minimum Gasteiger partial charge on any atom is -0.490 e. The molecule has 2 aromatic rings. The maximum atomic E-state index is 14.6. The fraction of sp³-hybridized carbons (Fsp3) is 0.400. The van der Waals surface area contributed by atoms with Gasteiger partial charge in [0, 0.05) is 19.2 Å². The molecule has 2 N–H and O–H groups in total. The van der Waals surface area contributed by atoms with Crippen molar-refractivity contribution in [2.75, 3.05) is 18.5 Å². The van der Waals surface area contributed by atoms with Crippen LogP contribution in [0.3, 0.4) is 0 Å². The summed E-state index contributed by atoms with van der Waals surface area (Å²) in [6.45, 7) is 4.60. The summed E-state index contributed by atoms with van der Waals surface area (Å²) in [6.07, 6.45) is 3.56. The highest BCUT2D eigenvalue weighted by Crippen LogP contribution is 2.29. The van der Waals surface area contributed by atoms with E-state index in [-0.39, 0.29) is 18.0 Å². The summed E-state index contributed by atoms with van der Waals surface area (Å²) in [6, 6.07) is 7.54. The quantitative estimate of drug-likeness (QED) is 0.624. The van der Waals surface area contributed by atoms with Gasteiger partial charge >= 0.3 is 5.97 Å². The lowest BCUT2D eigenvalue weighted by molar-refractivity contribution is -0.137. The number of benzene rings is 1. The van der Waals surface area contributed by atoms with Crippen molar-refractivity contribution in [3.8, 4) is 5.75 Å². The van der Waals surface area contributed by atoms with Gasteiger partial charge in [-0.2, -0.15) is 0 Å². The van der Waals surface area contributed by atoms with E-state index in [0.29, 0.717) is 31.6 Å². The number of aromatic nitrogens is 1. The van der Waals surface area contributed by atoms with Gasteiger partial charge in [-0.1, -0.05) is 12.1 Å². The summed E-state index contributed by atoms with van der Waals surface area (Å²) in [4.78, 5) is 14.8. The summed E-state index contributed by atoms with van der Waals surface area (Å²) in [5.74, 6) is -0.106. The van der Waals surface area contributed by atoms with Gasteiger partial charge in [0.05, 0.1) is 6.61 Å². The SMILES string of the molecule is Cc1cc(CCCC(=O)O)c(C)c(F)c1OCCCNc1ccccn1. The number of nitrogens with one attached hydrogen (secondary N) is 1. The molecule has 1 aromatic heterocycles. The largest absolute Gasteiger partial charge is 0.490 e. The molecule has 0 amide bonds. The molecule has 6 heteroatoms. The van der Waals surface area contributed by atoms with E-state index < -0.39 is 5.97 Å². The van der Waals surface area contributed by atoms with Crippen LogP contribution in [0.2, 0.25) is 0 Å². The van der Waals surface area contributed by atoms with Crippen molar-refractivity contribution in [1.82, 2.24) is 4.98 Å². The normalized spacial score (nSPS) is 10.6. The summed E-state index contributed by atoms with van der Waals surface area (Å²) in [5.41, 5.74) is 2.10. The lowest BCUT2D eigenvalue weighted by Crippen LogP contribution is -2.10. The molecule has 1 heterocycles. The zero-order valence-electron chi connectivity index (χ0n) is 15.2. The number of anilines is 1. The topological polar surface area (TPSA) is 71.5 Å². The number of hydrogen-bond donors (Lipinski definition) is 2. The third-order valence-electron chi connectivity index (χ3n) is 4.13. The molecule has 0 saturated carbocycles. The van der Waals surface area contributed by atoms with Crippen LogP contribution in [0.25, 0.3) is 0 Å². The molecule has 140 valence electrons. The van der Waals surface area contributed by atoms with Crippen molar-refractivity contribution in [2.24, 2.45) is 0 Å². The predicted octanol–water partition coefficient (Wildman–Crippen LogP) is 4.13. The highest BCUT2D eigenvalue weighted by molar-refractivity contribution is 5.66. The number of carboxylic acid groups (broad SMARTS) is 1. The van der Waals surface area contributed by atoms with Crippen molar-refractivity contribution < 1.29 is 19.0 Å². The van der Waals surface area contributed by atoms with Crippen LogP contribution >= 0.6 is 0 Å². The van der Waals surface area contributed by atoms with Crippen LogP contribution in [0.1, 0.15) is 36.0 Å². The first-order valence-corrected chi connectivity index (χ1v) is 8.77. The minimum atomic E-state index is -0.834. The summed E-state index contributed by atoms with van der Waals surface area (Å²) < 4.78 is 20.3. The first kappa shape index (κ1) is 19.7. The molecule has 0 aliphatic rings. The number of carbonyl (C=O) groups is 1. The first-order chi connectivity index (χ1) is 12.5. The first-order valence-electron chi connectivity index (χ1n) is 8.77. The highest BCUT2D eigenvalue weighted by atomic mass is 19.1. The molecule has 2 rings (SSSR count). The van der Waals surface area contributed by atoms with Crippen LogP contribution < -0.4 is 10.1 Å². The van der Waals surface area contributed by atoms with Gasteiger partial charge in [0.25, 0.3) is 0 Å². The summed E-state index contributed by atoms with van der Waals surface area (Å²) in [7, 11) is 0. The number of rotatable bonds is 10. The molecule has 0 aliphatic heterocycles. The lowest BCUT2D eigenvalue weighted by Gasteiger charge is -2.15. The Balaban J connectivity index is 1.86. The van der Waals surface area contributed by atoms with E-state index >= 15 is 0 Å². The molecule has 1 aromatic carbocycles. The average Bonchev–Trinajstić information content (AvgIpc) is 2.62. The molecule has 0 radical (unpaired) electrons. The zero-order chi connectivity index (χ0) is 18.9. The maximum Gasteiger partial charge on any atom is 0.303 e. The Morgan fingerprint density at radius 3 is 2.81 bits per heavy atom. The maximum absolute atomic E-state index is 14.6. The molecule has 0 bridgehead atoms. The van der Waals surface area contributed by atoms with E-state index in [1.165, 1.54) is 0 Å². The Morgan fingerprint density at radius 2 is 2.12 bits per heavy atom. The van der Waals surface area contributed by atoms with Crippen LogP contribution in [0.4, 0.5) is 10.2 Å². The Labute approximate surface area is 153 Å². The summed E-state index contributed by atoms with van der Waals surface area (Å²) in [5, 5.41) is 11.9. The second-order valence-corrected chi connectivity index (χ2v) is 6.21. The standard InChI is InChI=1S/C20H25FN2O3/c1-14-13-16(7-5-9-18(24)25)15(2)19(21)20(14)26-12-6-11-23-17-8-3-4-10-22-17/h3-4,8,10,13H,5-7,9,11-12H2,1-2H3,(H,22,23)(H,24,25). The van der Waals surface area contributed by atoms with Crippen molar-refractivity contribution in [1.29, 1.82) is 0 Å². The van der Waals surface area contributed by atoms with Crippen LogP contribution in [0, 0.1) is 19.7 Å². The van der Waals surface area contributed by atoms with Gasteiger partial charge in [-0.25, -0.2) is 9.37 Å². The molecular weight excluding hydrogens is 335 g/mol. The van der Waals surface area contributed by atoms with Crippen molar-refractivity contribution >= 4 is 11.8 Å². The van der Waals surface area contributed by atoms with Gasteiger partial charge in [0.2, 0.25) is 0 Å². The van der Waals surface area contributed by atoms with Gasteiger partial charge in [0.1, 0.15) is 5.82 Å². The second-order valence-electron chi connectivity index (χ2n) is 6.21. The number of pyridine rings is 1. The number of nitrogens with zero attached hydrogens (tertiary/aromatic N) is 1. The number of carboxylic acids is 1. The van der Waals surface area contributed by atoms with Crippen LogP contribution in [0.15, 0.2) is 30.5 Å². The minimum absolute atomic E-state index is 0.0849. The van der Waals surface area contributed by atoms with Crippen LogP contribution in [-0.2, 0) is 11.2 Å². The predicted molar refractivity (Wildman–Crippen MR) is 99.3 cm³/mol. The monoisotopic (exact) mass is 360 g/mol. The number of hydrogen-bond acceptors (Lipinski definition) is 4. The molecule has 0 saturated heterocycles. The average molecular weight is 360 g/mol. The second kappa shape index (κ2) is 9.75. The van der Waals surface area contributed by atoms with E-state index in [2.05, 4.69) is 10.3 Å². The van der Waals surface area contributed by atoms with Crippen molar-refractivity contribution in [2.45, 2.75) is 39.5 Å². The molecule has 26 heavy (non-hydrogen) atoms. The molecular formula is C20H25FN2O3. The number of aliphatic carboxylic acids is 1. The van der Waals surface area contributed by atoms with Crippen molar-refractivity contribution in [3.05, 3.63) is 53.0 Å². The van der Waals surface area contributed by atoms with E-state index in [4.69, 9.17) is 9.84 Å². The smallest absolute Gasteiger partial charge is 0.303 e. The molecule has 0 atom stereocenters. The molecule has 0 unspecified atom stereocenters. The van der Waals surface area contributed by atoms with Gasteiger partial charge < -0.3 is 15.2 Å². The van der Waals surface area contributed by atoms with Crippen LogP contribution in [-0.4, -0.2) is 29.2 Å². The molecule has 0 aliphatic carbocycles. The summed E-state index contributed by atoms with van der Waals surface area (Å²) >= 11 is 0. The Bertz CT molecular complexity index is 736. The fourth-order valence-electron chi connectivity index (χ4n) is 2.72. The highest BCUT2D eigenvalue weighted by Gasteiger charge is 2.15. The van der Waals surface area contributed by atoms with Gasteiger partial charge in [-0.3, -0.25) is 4.79 Å². The number of halogens is 1. The lowest BCUT2D eigenvalue weighted by atomic mass is 9.99. The third-order valence-corrected chi connectivity index (χ3v) is 4.13. The fourth-order valence-corrected chi connectivity index (χ4v) is 2.72. The molecule has 0 fully saturated rings. The van der Waals surface area contributed by atoms with Gasteiger partial charge in [0.15, 0.2) is 11.6 Å². The third kappa shape index (κ3) is 5.72. The zero-order valence-corrected chi connectivity index (χ0v) is 15.2. The van der Waals surface area contributed by atoms with E-state index in [9.17, 15) is 9.18 Å². The Hall–Kier alpha value is -2.63. The molecule has 0 spiro atoms.